The number of benzene rings is 2. The number of H-pyrrole nitrogens is 1. The van der Waals surface area contributed by atoms with E-state index in [4.69, 9.17) is 14.9 Å². The molecule has 0 amide bonds. The maximum atomic E-state index is 11.0. The van der Waals surface area contributed by atoms with Gasteiger partial charge in [0, 0.05) is 23.9 Å². The van der Waals surface area contributed by atoms with Crippen molar-refractivity contribution in [1.82, 2.24) is 10.3 Å². The smallest absolute Gasteiger partial charge is 0.323 e. The summed E-state index contributed by atoms with van der Waals surface area (Å²) in [7, 11) is 1.58. The summed E-state index contributed by atoms with van der Waals surface area (Å²) in [5.74, 6) is -0.424. The number of aliphatic carboxylic acids is 1. The summed E-state index contributed by atoms with van der Waals surface area (Å²) in [6.07, 6.45) is 1.91. The fourth-order valence-electron chi connectivity index (χ4n) is 2.85. The van der Waals surface area contributed by atoms with Gasteiger partial charge in [0.05, 0.1) is 19.2 Å². The van der Waals surface area contributed by atoms with Gasteiger partial charge in [-0.25, -0.2) is 0 Å². The molecule has 0 bridgehead atoms. The van der Waals surface area contributed by atoms with Crippen LogP contribution >= 0.6 is 0 Å². The van der Waals surface area contributed by atoms with Crippen molar-refractivity contribution in [3.8, 4) is 16.9 Å². The van der Waals surface area contributed by atoms with Gasteiger partial charge in [-0.05, 0) is 23.1 Å². The van der Waals surface area contributed by atoms with E-state index in [0.717, 1.165) is 27.6 Å². The summed E-state index contributed by atoms with van der Waals surface area (Å²) in [6, 6.07) is 12.9. The first-order valence-corrected chi connectivity index (χ1v) is 7.94. The molecule has 0 radical (unpaired) electrons. The molecule has 0 spiro atoms. The van der Waals surface area contributed by atoms with E-state index in [0.29, 0.717) is 5.75 Å². The van der Waals surface area contributed by atoms with E-state index in [-0.39, 0.29) is 6.54 Å². The number of hydrogen-bond donors (Lipinski definition) is 4. The Bertz CT molecular complexity index is 888. The lowest BCUT2D eigenvalue weighted by Gasteiger charge is -2.15. The average Bonchev–Trinajstić information content (AvgIpc) is 3.10. The van der Waals surface area contributed by atoms with Crippen molar-refractivity contribution in [2.24, 2.45) is 0 Å². The summed E-state index contributed by atoms with van der Waals surface area (Å²) in [6.45, 7) is -0.182. The minimum absolute atomic E-state index is 0.285. The number of fused-ring (bicyclic) bond motifs is 1. The maximum absolute atomic E-state index is 11.0. The number of aliphatic hydroxyl groups excluding tert-OH is 1. The number of rotatable bonds is 7. The summed E-state index contributed by atoms with van der Waals surface area (Å²) in [5.41, 5.74) is 3.95. The second kappa shape index (κ2) is 7.38. The van der Waals surface area contributed by atoms with E-state index in [1.807, 2.05) is 48.7 Å². The van der Waals surface area contributed by atoms with Crippen LogP contribution in [0.4, 0.5) is 0 Å². The second-order valence-corrected chi connectivity index (χ2v) is 5.73. The zero-order valence-corrected chi connectivity index (χ0v) is 13.8. The minimum atomic E-state index is -1.09. The summed E-state index contributed by atoms with van der Waals surface area (Å²) in [5, 5.41) is 22.0. The molecule has 0 aliphatic heterocycles. The van der Waals surface area contributed by atoms with Crippen LogP contribution in [0, 0.1) is 0 Å². The molecular formula is C19H20N2O4. The Morgan fingerprint density at radius 1 is 1.28 bits per heavy atom. The van der Waals surface area contributed by atoms with Crippen molar-refractivity contribution in [1.29, 1.82) is 0 Å². The Morgan fingerprint density at radius 2 is 2.12 bits per heavy atom. The Morgan fingerprint density at radius 3 is 2.84 bits per heavy atom. The standard InChI is InChI=1S/C19H20N2O4/c1-25-17-9-13(15-4-2-3-12-7-8-20-18(12)15)5-6-14(17)10-21-16(11-22)19(23)24/h2-9,16,20-22H,10-11H2,1H3,(H,23,24)/t16-/m1/s1. The molecule has 0 aliphatic carbocycles. The molecule has 1 heterocycles. The van der Waals surface area contributed by atoms with Crippen LogP contribution in [0.25, 0.3) is 22.0 Å². The van der Waals surface area contributed by atoms with Gasteiger partial charge >= 0.3 is 5.97 Å². The van der Waals surface area contributed by atoms with E-state index in [1.165, 1.54) is 0 Å². The highest BCUT2D eigenvalue weighted by molar-refractivity contribution is 5.94. The van der Waals surface area contributed by atoms with Crippen LogP contribution in [-0.2, 0) is 11.3 Å². The van der Waals surface area contributed by atoms with Crippen LogP contribution in [0.1, 0.15) is 5.56 Å². The Balaban J connectivity index is 1.89. The molecular weight excluding hydrogens is 320 g/mol. The fourth-order valence-corrected chi connectivity index (χ4v) is 2.85. The molecule has 0 saturated heterocycles. The SMILES string of the molecule is COc1cc(-c2cccc3cc[nH]c23)ccc1CN[C@H](CO)C(=O)O. The zero-order valence-electron chi connectivity index (χ0n) is 13.8. The molecule has 0 unspecified atom stereocenters. The minimum Gasteiger partial charge on any atom is -0.496 e. The van der Waals surface area contributed by atoms with Crippen molar-refractivity contribution in [3.05, 3.63) is 54.2 Å². The van der Waals surface area contributed by atoms with Crippen molar-refractivity contribution < 1.29 is 19.7 Å². The number of ether oxygens (including phenoxy) is 1. The number of carboxylic acid groups (broad SMARTS) is 1. The molecule has 6 heteroatoms. The number of aromatic nitrogens is 1. The highest BCUT2D eigenvalue weighted by Gasteiger charge is 2.16. The molecule has 1 aromatic heterocycles. The lowest BCUT2D eigenvalue weighted by molar-refractivity contribution is -0.140. The lowest BCUT2D eigenvalue weighted by atomic mass is 10.0. The van der Waals surface area contributed by atoms with E-state index in [1.54, 1.807) is 7.11 Å². The Labute approximate surface area is 145 Å². The van der Waals surface area contributed by atoms with Gasteiger partial charge in [0.2, 0.25) is 0 Å². The van der Waals surface area contributed by atoms with Crippen LogP contribution in [0.5, 0.6) is 5.75 Å². The average molecular weight is 340 g/mol. The fraction of sp³-hybridized carbons (Fsp3) is 0.211. The van der Waals surface area contributed by atoms with E-state index in [2.05, 4.69) is 10.3 Å². The molecule has 3 aromatic rings. The predicted molar refractivity (Wildman–Crippen MR) is 95.6 cm³/mol. The normalized spacial score (nSPS) is 12.2. The number of nitrogens with one attached hydrogen (secondary N) is 2. The van der Waals surface area contributed by atoms with Crippen LogP contribution in [0.15, 0.2) is 48.7 Å². The number of para-hydroxylation sites is 1. The molecule has 0 fully saturated rings. The third-order valence-electron chi connectivity index (χ3n) is 4.20. The molecule has 6 nitrogen and oxygen atoms in total. The van der Waals surface area contributed by atoms with Gasteiger partial charge in [-0.1, -0.05) is 30.3 Å². The van der Waals surface area contributed by atoms with Gasteiger partial charge in [-0.15, -0.1) is 0 Å². The molecule has 25 heavy (non-hydrogen) atoms. The first kappa shape index (κ1) is 17.0. The van der Waals surface area contributed by atoms with E-state index >= 15 is 0 Å². The molecule has 2 aromatic carbocycles. The van der Waals surface area contributed by atoms with Crippen LogP contribution in [-0.4, -0.2) is 40.9 Å². The van der Waals surface area contributed by atoms with E-state index < -0.39 is 18.6 Å². The molecule has 4 N–H and O–H groups in total. The molecule has 130 valence electrons. The summed E-state index contributed by atoms with van der Waals surface area (Å²) < 4.78 is 5.47. The molecule has 3 rings (SSSR count). The number of hydrogen-bond acceptors (Lipinski definition) is 4. The van der Waals surface area contributed by atoms with Gasteiger partial charge in [0.1, 0.15) is 11.8 Å². The van der Waals surface area contributed by atoms with Crippen molar-refractivity contribution in [3.63, 3.8) is 0 Å². The number of carboxylic acids is 1. The lowest BCUT2D eigenvalue weighted by Crippen LogP contribution is -2.39. The van der Waals surface area contributed by atoms with Crippen molar-refractivity contribution in [2.75, 3.05) is 13.7 Å². The summed E-state index contributed by atoms with van der Waals surface area (Å²) in [4.78, 5) is 14.2. The van der Waals surface area contributed by atoms with Crippen molar-refractivity contribution >= 4 is 16.9 Å². The van der Waals surface area contributed by atoms with Gasteiger partial charge in [0.25, 0.3) is 0 Å². The summed E-state index contributed by atoms with van der Waals surface area (Å²) >= 11 is 0. The Kier molecular flexibility index (Phi) is 5.02. The first-order valence-electron chi connectivity index (χ1n) is 7.94. The third-order valence-corrected chi connectivity index (χ3v) is 4.20. The quantitative estimate of drug-likeness (QED) is 0.530. The molecule has 1 atom stereocenters. The first-order chi connectivity index (χ1) is 12.1. The highest BCUT2D eigenvalue weighted by Crippen LogP contribution is 2.31. The zero-order chi connectivity index (χ0) is 17.8. The number of aromatic amines is 1. The van der Waals surface area contributed by atoms with Crippen LogP contribution in [0.3, 0.4) is 0 Å². The Hall–Kier alpha value is -2.83. The largest absolute Gasteiger partial charge is 0.496 e. The van der Waals surface area contributed by atoms with Crippen molar-refractivity contribution in [2.45, 2.75) is 12.6 Å². The monoisotopic (exact) mass is 340 g/mol. The third kappa shape index (κ3) is 3.50. The molecule has 0 aliphatic rings. The second-order valence-electron chi connectivity index (χ2n) is 5.73. The predicted octanol–water partition coefficient (Wildman–Crippen LogP) is 2.38. The number of aliphatic hydroxyl groups is 1. The highest BCUT2D eigenvalue weighted by atomic mass is 16.5. The van der Waals surface area contributed by atoms with Gasteiger partial charge in [0.15, 0.2) is 0 Å². The number of methoxy groups -OCH3 is 1. The maximum Gasteiger partial charge on any atom is 0.323 e. The topological polar surface area (TPSA) is 94.6 Å². The number of carbonyl (C=O) groups is 1. The van der Waals surface area contributed by atoms with Crippen LogP contribution in [0.2, 0.25) is 0 Å². The van der Waals surface area contributed by atoms with E-state index in [9.17, 15) is 4.79 Å². The van der Waals surface area contributed by atoms with Gasteiger partial charge in [-0.3, -0.25) is 10.1 Å². The van der Waals surface area contributed by atoms with Gasteiger partial charge < -0.3 is 19.9 Å². The molecule has 0 saturated carbocycles. The van der Waals surface area contributed by atoms with Gasteiger partial charge in [-0.2, -0.15) is 0 Å². The van der Waals surface area contributed by atoms with Crippen LogP contribution < -0.4 is 10.1 Å².